The van der Waals surface area contributed by atoms with Gasteiger partial charge in [-0.1, -0.05) is 29.3 Å². The van der Waals surface area contributed by atoms with Gasteiger partial charge in [-0.3, -0.25) is 9.59 Å². The monoisotopic (exact) mass is 358 g/mol. The second-order valence-corrected chi connectivity index (χ2v) is 5.66. The lowest BCUT2D eigenvalue weighted by molar-refractivity contribution is -0.146. The van der Waals surface area contributed by atoms with Crippen molar-refractivity contribution in [2.45, 2.75) is 17.7 Å². The van der Waals surface area contributed by atoms with E-state index < -0.39 is 16.8 Å². The Morgan fingerprint density at radius 1 is 1.10 bits per heavy atom. The fraction of sp³-hybridized carbons (Fsp3) is 0.333. The van der Waals surface area contributed by atoms with Crippen molar-refractivity contribution >= 4 is 58.3 Å². The number of ether oxygens (including phenoxy) is 2. The van der Waals surface area contributed by atoms with E-state index in [1.54, 1.807) is 12.1 Å². The molecular weight excluding hydrogens is 350 g/mol. The second kappa shape index (κ2) is 8.57. The summed E-state index contributed by atoms with van der Waals surface area (Å²) in [6.45, 7) is -0.128. The Morgan fingerprint density at radius 3 is 2.40 bits per heavy atom. The first kappa shape index (κ1) is 17.4. The molecule has 8 heteroatoms. The Balaban J connectivity index is 2.40. The molecule has 0 radical (unpaired) electrons. The van der Waals surface area contributed by atoms with Crippen LogP contribution in [0, 0.1) is 0 Å². The molecule has 0 aromatic heterocycles. The van der Waals surface area contributed by atoms with E-state index in [2.05, 4.69) is 4.74 Å². The van der Waals surface area contributed by atoms with Gasteiger partial charge in [0.15, 0.2) is 5.75 Å². The highest BCUT2D eigenvalue weighted by Crippen LogP contribution is 2.31. The highest BCUT2D eigenvalue weighted by molar-refractivity contribution is 6.44. The molecule has 0 unspecified atom stereocenters. The highest BCUT2D eigenvalue weighted by Gasteiger charge is 2.13. The minimum atomic E-state index is -0.795. The topological polar surface area (TPSA) is 52.6 Å². The summed E-state index contributed by atoms with van der Waals surface area (Å²) in [5, 5.41) is 0.406. The van der Waals surface area contributed by atoms with Crippen molar-refractivity contribution in [3.05, 3.63) is 28.2 Å². The molecule has 0 aliphatic carbocycles. The Hall–Kier alpha value is -0.680. The van der Waals surface area contributed by atoms with Crippen molar-refractivity contribution < 1.29 is 19.1 Å². The van der Waals surface area contributed by atoms with Gasteiger partial charge in [-0.25, -0.2) is 0 Å². The summed E-state index contributed by atoms with van der Waals surface area (Å²) in [6, 6.07) is 4.65. The molecule has 20 heavy (non-hydrogen) atoms. The van der Waals surface area contributed by atoms with Gasteiger partial charge >= 0.3 is 11.9 Å². The number of alkyl halides is 2. The fourth-order valence-electron chi connectivity index (χ4n) is 1.17. The van der Waals surface area contributed by atoms with Gasteiger partial charge in [-0.15, -0.1) is 23.2 Å². The van der Waals surface area contributed by atoms with Crippen molar-refractivity contribution in [3.8, 4) is 5.75 Å². The van der Waals surface area contributed by atoms with Gasteiger partial charge in [-0.2, -0.15) is 0 Å². The third kappa shape index (κ3) is 6.18. The third-order valence-corrected chi connectivity index (χ3v) is 3.10. The van der Waals surface area contributed by atoms with Crippen molar-refractivity contribution in [1.29, 1.82) is 0 Å². The van der Waals surface area contributed by atoms with Gasteiger partial charge in [0, 0.05) is 0 Å². The molecule has 0 bridgehead atoms. The van der Waals surface area contributed by atoms with Crippen LogP contribution in [0.4, 0.5) is 0 Å². The first-order chi connectivity index (χ1) is 9.40. The van der Waals surface area contributed by atoms with E-state index in [-0.39, 0.29) is 35.2 Å². The quantitative estimate of drug-likeness (QED) is 0.437. The smallest absolute Gasteiger partial charge is 0.311 e. The molecule has 0 spiro atoms. The molecule has 1 aromatic rings. The SMILES string of the molecule is O=C(CCC(=O)Oc1cccc(Cl)c1Cl)OCC(Cl)Cl. The van der Waals surface area contributed by atoms with Gasteiger partial charge in [0.05, 0.1) is 17.9 Å². The van der Waals surface area contributed by atoms with E-state index in [0.717, 1.165) is 0 Å². The molecule has 0 aliphatic heterocycles. The fourth-order valence-corrected chi connectivity index (χ4v) is 1.63. The highest BCUT2D eigenvalue weighted by atomic mass is 35.5. The molecular formula is C12H10Cl4O4. The first-order valence-electron chi connectivity index (χ1n) is 5.48. The second-order valence-electron chi connectivity index (χ2n) is 3.60. The third-order valence-electron chi connectivity index (χ3n) is 2.04. The summed E-state index contributed by atoms with van der Waals surface area (Å²) in [5.74, 6) is -1.08. The Labute approximate surface area is 135 Å². The van der Waals surface area contributed by atoms with E-state index in [4.69, 9.17) is 51.1 Å². The molecule has 0 saturated heterocycles. The van der Waals surface area contributed by atoms with Crippen LogP contribution in [0.3, 0.4) is 0 Å². The van der Waals surface area contributed by atoms with E-state index in [1.165, 1.54) is 6.07 Å². The minimum absolute atomic E-state index is 0.128. The average molecular weight is 360 g/mol. The lowest BCUT2D eigenvalue weighted by Crippen LogP contribution is -2.14. The van der Waals surface area contributed by atoms with Gasteiger partial charge in [-0.05, 0) is 12.1 Å². The summed E-state index contributed by atoms with van der Waals surface area (Å²) in [4.78, 5) is 22.0. The number of halogens is 4. The number of hydrogen-bond acceptors (Lipinski definition) is 4. The number of hydrogen-bond donors (Lipinski definition) is 0. The molecule has 110 valence electrons. The zero-order valence-electron chi connectivity index (χ0n) is 10.1. The molecule has 0 N–H and O–H groups in total. The van der Waals surface area contributed by atoms with E-state index in [0.29, 0.717) is 0 Å². The van der Waals surface area contributed by atoms with Crippen LogP contribution < -0.4 is 4.74 Å². The molecule has 0 heterocycles. The van der Waals surface area contributed by atoms with Crippen LogP contribution in [0.1, 0.15) is 12.8 Å². The predicted octanol–water partition coefficient (Wildman–Crippen LogP) is 4.03. The van der Waals surface area contributed by atoms with Crippen LogP contribution in [0.15, 0.2) is 18.2 Å². The van der Waals surface area contributed by atoms with Crippen LogP contribution in [0.2, 0.25) is 10.0 Å². The van der Waals surface area contributed by atoms with Crippen LogP contribution in [-0.4, -0.2) is 23.4 Å². The van der Waals surface area contributed by atoms with Crippen molar-refractivity contribution in [2.75, 3.05) is 6.61 Å². The maximum atomic E-state index is 11.5. The number of rotatable bonds is 6. The van der Waals surface area contributed by atoms with Crippen LogP contribution in [0.5, 0.6) is 5.75 Å². The molecule has 0 atom stereocenters. The molecule has 1 aromatic carbocycles. The van der Waals surface area contributed by atoms with Gasteiger partial charge in [0.2, 0.25) is 0 Å². The summed E-state index contributed by atoms with van der Waals surface area (Å²) in [5.41, 5.74) is 0. The maximum Gasteiger partial charge on any atom is 0.311 e. The van der Waals surface area contributed by atoms with Crippen molar-refractivity contribution in [1.82, 2.24) is 0 Å². The lowest BCUT2D eigenvalue weighted by Gasteiger charge is -2.07. The lowest BCUT2D eigenvalue weighted by atomic mass is 10.3. The molecule has 0 fully saturated rings. The summed E-state index contributed by atoms with van der Waals surface area (Å²) in [7, 11) is 0. The molecule has 0 aliphatic rings. The van der Waals surface area contributed by atoms with Crippen LogP contribution in [0.25, 0.3) is 0 Å². The van der Waals surface area contributed by atoms with Crippen molar-refractivity contribution in [3.63, 3.8) is 0 Å². The molecule has 0 amide bonds. The van der Waals surface area contributed by atoms with E-state index in [9.17, 15) is 9.59 Å². The normalized spacial score (nSPS) is 10.4. The average Bonchev–Trinajstić information content (AvgIpc) is 2.39. The van der Waals surface area contributed by atoms with Gasteiger partial charge in [0.25, 0.3) is 0 Å². The predicted molar refractivity (Wildman–Crippen MR) is 77.8 cm³/mol. The van der Waals surface area contributed by atoms with Crippen LogP contribution in [-0.2, 0) is 14.3 Å². The summed E-state index contributed by atoms with van der Waals surface area (Å²) in [6.07, 6.45) is -0.297. The van der Waals surface area contributed by atoms with Gasteiger partial charge < -0.3 is 9.47 Å². The van der Waals surface area contributed by atoms with Crippen LogP contribution >= 0.6 is 46.4 Å². The summed E-state index contributed by atoms with van der Waals surface area (Å²) >= 11 is 22.4. The Morgan fingerprint density at radius 2 is 1.75 bits per heavy atom. The van der Waals surface area contributed by atoms with Crippen molar-refractivity contribution in [2.24, 2.45) is 0 Å². The number of carbonyl (C=O) groups is 2. The van der Waals surface area contributed by atoms with Gasteiger partial charge in [0.1, 0.15) is 16.5 Å². The molecule has 1 rings (SSSR count). The standard InChI is InChI=1S/C12H10Cl4O4/c13-7-2-1-3-8(12(7)16)20-11(18)5-4-10(17)19-6-9(14)15/h1-3,9H,4-6H2. The number of esters is 2. The Bertz CT molecular complexity index is 490. The maximum absolute atomic E-state index is 11.5. The molecule has 4 nitrogen and oxygen atoms in total. The number of benzene rings is 1. The largest absolute Gasteiger partial charge is 0.463 e. The molecule has 0 saturated carbocycles. The zero-order chi connectivity index (χ0) is 15.1. The Kier molecular flexibility index (Phi) is 7.45. The minimum Gasteiger partial charge on any atom is -0.463 e. The number of carbonyl (C=O) groups excluding carboxylic acids is 2. The zero-order valence-corrected chi connectivity index (χ0v) is 13.1. The van der Waals surface area contributed by atoms with E-state index >= 15 is 0 Å². The van der Waals surface area contributed by atoms with E-state index in [1.807, 2.05) is 0 Å². The summed E-state index contributed by atoms with van der Waals surface area (Å²) < 4.78 is 9.68. The first-order valence-corrected chi connectivity index (χ1v) is 7.11.